The van der Waals surface area contributed by atoms with Crippen molar-refractivity contribution in [3.05, 3.63) is 76.5 Å². The summed E-state index contributed by atoms with van der Waals surface area (Å²) >= 11 is 0. The molecule has 0 aliphatic rings. The molecule has 0 aliphatic carbocycles. The SMILES string of the molecule is Cc1ccc(OCCCC(=O)Nc2c(C#N)cnn2-c2cc(C)c3cc(C)cc(C)c3n2)cc1. The fourth-order valence-corrected chi connectivity index (χ4v) is 3.91. The van der Waals surface area contributed by atoms with E-state index < -0.39 is 0 Å². The second kappa shape index (κ2) is 9.75. The molecule has 0 unspecified atom stereocenters. The number of rotatable bonds is 7. The fourth-order valence-electron chi connectivity index (χ4n) is 3.91. The largest absolute Gasteiger partial charge is 0.494 e. The molecule has 7 heteroatoms. The standard InChI is InChI=1S/C27H27N5O2/c1-17-7-9-22(10-8-17)34-11-5-6-25(33)31-27-21(15-28)16-29-32(27)24-14-19(3)23-13-18(2)12-20(4)26(23)30-24/h7-10,12-14,16H,5-6,11H2,1-4H3,(H,31,33). The second-order valence-corrected chi connectivity index (χ2v) is 8.52. The first-order valence-corrected chi connectivity index (χ1v) is 11.2. The molecule has 0 bridgehead atoms. The summed E-state index contributed by atoms with van der Waals surface area (Å²) in [5, 5.41) is 17.8. The van der Waals surface area contributed by atoms with Crippen LogP contribution in [0, 0.1) is 39.0 Å². The Morgan fingerprint density at radius 3 is 2.56 bits per heavy atom. The summed E-state index contributed by atoms with van der Waals surface area (Å²) in [6.07, 6.45) is 2.24. The molecule has 0 spiro atoms. The third kappa shape index (κ3) is 4.91. The van der Waals surface area contributed by atoms with Gasteiger partial charge in [-0.1, -0.05) is 29.3 Å². The molecule has 0 saturated heterocycles. The molecule has 2 heterocycles. The van der Waals surface area contributed by atoms with E-state index in [2.05, 4.69) is 35.5 Å². The molecule has 2 aromatic heterocycles. The molecule has 4 rings (SSSR count). The van der Waals surface area contributed by atoms with Crippen molar-refractivity contribution in [3.8, 4) is 17.6 Å². The van der Waals surface area contributed by atoms with Gasteiger partial charge < -0.3 is 10.1 Å². The number of amides is 1. The molecule has 0 fully saturated rings. The Hall–Kier alpha value is -4.18. The summed E-state index contributed by atoms with van der Waals surface area (Å²) < 4.78 is 7.22. The normalized spacial score (nSPS) is 10.8. The number of nitrogens with one attached hydrogen (secondary N) is 1. The molecule has 4 aromatic rings. The summed E-state index contributed by atoms with van der Waals surface area (Å²) in [4.78, 5) is 17.4. The summed E-state index contributed by atoms with van der Waals surface area (Å²) in [5.41, 5.74) is 5.61. The van der Waals surface area contributed by atoms with E-state index in [9.17, 15) is 10.1 Å². The number of aromatic nitrogens is 3. The number of nitriles is 1. The predicted molar refractivity (Wildman–Crippen MR) is 132 cm³/mol. The maximum Gasteiger partial charge on any atom is 0.225 e. The quantitative estimate of drug-likeness (QED) is 0.382. The minimum atomic E-state index is -0.213. The zero-order valence-electron chi connectivity index (χ0n) is 19.8. The number of pyridine rings is 1. The minimum absolute atomic E-state index is 0.213. The van der Waals surface area contributed by atoms with Gasteiger partial charge in [0, 0.05) is 11.8 Å². The van der Waals surface area contributed by atoms with Crippen molar-refractivity contribution >= 4 is 22.6 Å². The highest BCUT2D eigenvalue weighted by Gasteiger charge is 2.17. The molecule has 34 heavy (non-hydrogen) atoms. The molecule has 2 aromatic carbocycles. The Labute approximate surface area is 199 Å². The number of hydrogen-bond donors (Lipinski definition) is 1. The number of anilines is 1. The lowest BCUT2D eigenvalue weighted by Gasteiger charge is -2.13. The first-order chi connectivity index (χ1) is 16.4. The van der Waals surface area contributed by atoms with Crippen LogP contribution in [0.5, 0.6) is 5.75 Å². The third-order valence-corrected chi connectivity index (χ3v) is 5.64. The van der Waals surface area contributed by atoms with E-state index in [1.54, 1.807) is 0 Å². The Morgan fingerprint density at radius 1 is 1.06 bits per heavy atom. The molecule has 0 atom stereocenters. The number of hydrogen-bond acceptors (Lipinski definition) is 5. The lowest BCUT2D eigenvalue weighted by Crippen LogP contribution is -2.17. The van der Waals surface area contributed by atoms with Crippen LogP contribution in [0.25, 0.3) is 16.7 Å². The molecular formula is C27H27N5O2. The first kappa shape index (κ1) is 23.0. The van der Waals surface area contributed by atoms with Crippen LogP contribution >= 0.6 is 0 Å². The Bertz CT molecular complexity index is 1400. The van der Waals surface area contributed by atoms with Gasteiger partial charge in [-0.05, 0) is 69.5 Å². The topological polar surface area (TPSA) is 92.8 Å². The van der Waals surface area contributed by atoms with Crippen LogP contribution in [0.4, 0.5) is 5.82 Å². The first-order valence-electron chi connectivity index (χ1n) is 11.2. The van der Waals surface area contributed by atoms with Gasteiger partial charge in [-0.3, -0.25) is 4.79 Å². The van der Waals surface area contributed by atoms with Crippen LogP contribution in [0.1, 0.15) is 40.7 Å². The van der Waals surface area contributed by atoms with Gasteiger partial charge in [-0.2, -0.15) is 15.0 Å². The number of aryl methyl sites for hydroxylation is 4. The smallest absolute Gasteiger partial charge is 0.225 e. The lowest BCUT2D eigenvalue weighted by molar-refractivity contribution is -0.116. The molecular weight excluding hydrogens is 426 g/mol. The van der Waals surface area contributed by atoms with Crippen molar-refractivity contribution in [2.75, 3.05) is 11.9 Å². The van der Waals surface area contributed by atoms with Crippen LogP contribution in [-0.2, 0) is 4.79 Å². The van der Waals surface area contributed by atoms with Gasteiger partial charge in [0.25, 0.3) is 0 Å². The molecule has 0 radical (unpaired) electrons. The molecule has 0 saturated carbocycles. The number of carbonyl (C=O) groups is 1. The van der Waals surface area contributed by atoms with E-state index in [0.717, 1.165) is 33.3 Å². The average molecular weight is 454 g/mol. The highest BCUT2D eigenvalue weighted by atomic mass is 16.5. The van der Waals surface area contributed by atoms with Gasteiger partial charge in [-0.25, -0.2) is 4.98 Å². The monoisotopic (exact) mass is 453 g/mol. The van der Waals surface area contributed by atoms with Gasteiger partial charge in [0.2, 0.25) is 5.91 Å². The summed E-state index contributed by atoms with van der Waals surface area (Å²) in [6, 6.07) is 16.0. The van der Waals surface area contributed by atoms with Crippen LogP contribution in [0.3, 0.4) is 0 Å². The van der Waals surface area contributed by atoms with E-state index >= 15 is 0 Å². The average Bonchev–Trinajstić information content (AvgIpc) is 3.21. The van der Waals surface area contributed by atoms with E-state index in [1.807, 2.05) is 51.1 Å². The Morgan fingerprint density at radius 2 is 1.82 bits per heavy atom. The maximum absolute atomic E-state index is 12.7. The third-order valence-electron chi connectivity index (χ3n) is 5.64. The number of ether oxygens (including phenoxy) is 1. The maximum atomic E-state index is 12.7. The van der Waals surface area contributed by atoms with Crippen LogP contribution in [0.2, 0.25) is 0 Å². The zero-order valence-corrected chi connectivity index (χ0v) is 19.8. The van der Waals surface area contributed by atoms with Gasteiger partial charge in [0.15, 0.2) is 11.6 Å². The van der Waals surface area contributed by atoms with E-state index in [0.29, 0.717) is 24.7 Å². The van der Waals surface area contributed by atoms with Crippen molar-refractivity contribution in [1.82, 2.24) is 14.8 Å². The summed E-state index contributed by atoms with van der Waals surface area (Å²) in [6.45, 7) is 8.55. The second-order valence-electron chi connectivity index (χ2n) is 8.52. The van der Waals surface area contributed by atoms with Crippen LogP contribution in [-0.4, -0.2) is 27.3 Å². The molecule has 1 amide bonds. The van der Waals surface area contributed by atoms with Crippen molar-refractivity contribution in [2.45, 2.75) is 40.5 Å². The van der Waals surface area contributed by atoms with E-state index in [-0.39, 0.29) is 17.9 Å². The van der Waals surface area contributed by atoms with E-state index in [1.165, 1.54) is 16.4 Å². The Kier molecular flexibility index (Phi) is 6.60. The number of fused-ring (bicyclic) bond motifs is 1. The highest BCUT2D eigenvalue weighted by molar-refractivity contribution is 5.91. The van der Waals surface area contributed by atoms with Gasteiger partial charge in [0.05, 0.1) is 18.3 Å². The summed E-state index contributed by atoms with van der Waals surface area (Å²) in [7, 11) is 0. The number of carbonyl (C=O) groups excluding carboxylic acids is 1. The molecule has 172 valence electrons. The molecule has 0 aliphatic heterocycles. The van der Waals surface area contributed by atoms with E-state index in [4.69, 9.17) is 9.72 Å². The molecule has 7 nitrogen and oxygen atoms in total. The minimum Gasteiger partial charge on any atom is -0.494 e. The van der Waals surface area contributed by atoms with Crippen LogP contribution in [0.15, 0.2) is 48.7 Å². The summed E-state index contributed by atoms with van der Waals surface area (Å²) in [5.74, 6) is 1.44. The predicted octanol–water partition coefficient (Wildman–Crippen LogP) is 5.32. The lowest BCUT2D eigenvalue weighted by atomic mass is 10.0. The van der Waals surface area contributed by atoms with Gasteiger partial charge >= 0.3 is 0 Å². The number of benzene rings is 2. The number of nitrogens with zero attached hydrogens (tertiary/aromatic N) is 4. The van der Waals surface area contributed by atoms with Crippen molar-refractivity contribution in [2.24, 2.45) is 0 Å². The van der Waals surface area contributed by atoms with Crippen molar-refractivity contribution in [1.29, 1.82) is 5.26 Å². The van der Waals surface area contributed by atoms with Crippen molar-refractivity contribution in [3.63, 3.8) is 0 Å². The van der Waals surface area contributed by atoms with Crippen LogP contribution < -0.4 is 10.1 Å². The Balaban J connectivity index is 1.50. The highest BCUT2D eigenvalue weighted by Crippen LogP contribution is 2.26. The van der Waals surface area contributed by atoms with Gasteiger partial charge in [0.1, 0.15) is 17.4 Å². The van der Waals surface area contributed by atoms with Gasteiger partial charge in [-0.15, -0.1) is 0 Å². The van der Waals surface area contributed by atoms with Crippen molar-refractivity contribution < 1.29 is 9.53 Å². The fraction of sp³-hybridized carbons (Fsp3) is 0.259. The molecule has 1 N–H and O–H groups in total. The zero-order chi connectivity index (χ0) is 24.2.